The van der Waals surface area contributed by atoms with E-state index in [0.717, 1.165) is 23.3 Å². The van der Waals surface area contributed by atoms with Crippen LogP contribution in [0.5, 0.6) is 0 Å². The zero-order chi connectivity index (χ0) is 24.3. The van der Waals surface area contributed by atoms with Crippen molar-refractivity contribution >= 4 is 35.4 Å². The van der Waals surface area contributed by atoms with Crippen LogP contribution in [0.15, 0.2) is 40.8 Å². The van der Waals surface area contributed by atoms with Gasteiger partial charge in [0.05, 0.1) is 6.54 Å². The Morgan fingerprint density at radius 2 is 1.88 bits per heavy atom. The lowest BCUT2D eigenvalue weighted by Gasteiger charge is -2.33. The van der Waals surface area contributed by atoms with Crippen LogP contribution in [0.25, 0.3) is 11.3 Å². The van der Waals surface area contributed by atoms with Crippen LogP contribution < -0.4 is 10.6 Å². The molecule has 2 heterocycles. The molecule has 4 amide bonds. The van der Waals surface area contributed by atoms with E-state index >= 15 is 0 Å². The molecule has 4 rings (SSSR count). The Hall–Kier alpha value is -3.33. The number of hydrogen-bond acceptors (Lipinski definition) is 6. The van der Waals surface area contributed by atoms with Crippen LogP contribution in [-0.4, -0.2) is 47.4 Å². The summed E-state index contributed by atoms with van der Waals surface area (Å²) in [7, 11) is 0. The SMILES string of the molecule is CC1CCC2(CC1)NC(=O)N(CC(=O)OCC(=O)NCc1ccc(-c3ccc(Cl)cc3)o1)C2=O. The molecule has 180 valence electrons. The number of ether oxygens (including phenoxy) is 1. The zero-order valence-electron chi connectivity index (χ0n) is 18.8. The van der Waals surface area contributed by atoms with Crippen LogP contribution >= 0.6 is 11.6 Å². The van der Waals surface area contributed by atoms with Crippen LogP contribution in [0.2, 0.25) is 5.02 Å². The lowest BCUT2D eigenvalue weighted by atomic mass is 9.77. The number of halogens is 1. The average molecular weight is 488 g/mol. The number of imide groups is 1. The first-order chi connectivity index (χ1) is 16.3. The summed E-state index contributed by atoms with van der Waals surface area (Å²) in [5.74, 6) is -0.115. The first-order valence-corrected chi connectivity index (χ1v) is 11.5. The third kappa shape index (κ3) is 5.25. The number of hydrogen-bond donors (Lipinski definition) is 2. The van der Waals surface area contributed by atoms with Gasteiger partial charge in [-0.3, -0.25) is 19.3 Å². The summed E-state index contributed by atoms with van der Waals surface area (Å²) >= 11 is 5.89. The molecule has 1 saturated carbocycles. The number of benzene rings is 1. The normalized spacial score (nSPS) is 22.1. The molecule has 0 radical (unpaired) electrons. The largest absolute Gasteiger partial charge is 0.459 e. The van der Waals surface area contributed by atoms with Gasteiger partial charge in [-0.25, -0.2) is 4.79 Å². The van der Waals surface area contributed by atoms with Gasteiger partial charge in [0, 0.05) is 10.6 Å². The second-order valence-corrected chi connectivity index (χ2v) is 9.23. The van der Waals surface area contributed by atoms with Gasteiger partial charge in [0.25, 0.3) is 11.8 Å². The van der Waals surface area contributed by atoms with Gasteiger partial charge in [0.1, 0.15) is 23.6 Å². The summed E-state index contributed by atoms with van der Waals surface area (Å²) in [6.45, 7) is 1.16. The van der Waals surface area contributed by atoms with E-state index in [1.807, 2.05) is 12.1 Å². The Morgan fingerprint density at radius 1 is 1.18 bits per heavy atom. The molecule has 34 heavy (non-hydrogen) atoms. The Bertz CT molecular complexity index is 1090. The molecule has 0 unspecified atom stereocenters. The van der Waals surface area contributed by atoms with Crippen molar-refractivity contribution in [1.82, 2.24) is 15.5 Å². The fraction of sp³-hybridized carbons (Fsp3) is 0.417. The maximum absolute atomic E-state index is 12.8. The minimum absolute atomic E-state index is 0.109. The van der Waals surface area contributed by atoms with E-state index in [0.29, 0.717) is 35.3 Å². The van der Waals surface area contributed by atoms with E-state index in [4.69, 9.17) is 20.8 Å². The van der Waals surface area contributed by atoms with Crippen LogP contribution in [0.3, 0.4) is 0 Å². The number of urea groups is 1. The van der Waals surface area contributed by atoms with Crippen LogP contribution in [0.1, 0.15) is 38.4 Å². The van der Waals surface area contributed by atoms with Gasteiger partial charge in [-0.15, -0.1) is 0 Å². The van der Waals surface area contributed by atoms with E-state index in [1.165, 1.54) is 0 Å². The minimum atomic E-state index is -0.921. The Kier molecular flexibility index (Phi) is 6.92. The Labute approximate surface area is 201 Å². The molecule has 2 aliphatic rings. The smallest absolute Gasteiger partial charge is 0.326 e. The molecule has 1 spiro atoms. The molecular formula is C24H26ClN3O6. The number of amides is 4. The third-order valence-corrected chi connectivity index (χ3v) is 6.53. The molecule has 0 bridgehead atoms. The highest BCUT2D eigenvalue weighted by molar-refractivity contribution is 6.30. The summed E-state index contributed by atoms with van der Waals surface area (Å²) in [5, 5.41) is 5.97. The average Bonchev–Trinajstić information content (AvgIpc) is 3.38. The number of nitrogens with zero attached hydrogens (tertiary/aromatic N) is 1. The molecule has 9 nitrogen and oxygen atoms in total. The second kappa shape index (κ2) is 9.89. The van der Waals surface area contributed by atoms with Gasteiger partial charge in [-0.05, 0) is 68.0 Å². The Morgan fingerprint density at radius 3 is 2.59 bits per heavy atom. The molecule has 1 aromatic carbocycles. The van der Waals surface area contributed by atoms with Crippen LogP contribution in [0.4, 0.5) is 4.79 Å². The predicted molar refractivity (Wildman–Crippen MR) is 123 cm³/mol. The number of rotatable bonds is 7. The van der Waals surface area contributed by atoms with Crippen molar-refractivity contribution in [3.63, 3.8) is 0 Å². The molecule has 1 aliphatic heterocycles. The van der Waals surface area contributed by atoms with E-state index in [2.05, 4.69) is 17.6 Å². The van der Waals surface area contributed by atoms with Crippen molar-refractivity contribution in [2.45, 2.75) is 44.7 Å². The molecule has 0 atom stereocenters. The standard InChI is InChI=1S/C24H26ClN3O6/c1-15-8-10-24(11-9-15)22(31)28(23(32)27-24)13-21(30)33-14-20(29)26-12-18-6-7-19(34-18)16-2-4-17(25)5-3-16/h2-7,15H,8-14H2,1H3,(H,26,29)(H,27,32). The lowest BCUT2D eigenvalue weighted by molar-refractivity contribution is -0.151. The Balaban J connectivity index is 1.21. The number of esters is 1. The highest BCUT2D eigenvalue weighted by Crippen LogP contribution is 2.36. The highest BCUT2D eigenvalue weighted by atomic mass is 35.5. The van der Waals surface area contributed by atoms with Gasteiger partial charge < -0.3 is 19.8 Å². The predicted octanol–water partition coefficient (Wildman–Crippen LogP) is 3.26. The van der Waals surface area contributed by atoms with Crippen molar-refractivity contribution in [3.05, 3.63) is 47.2 Å². The van der Waals surface area contributed by atoms with Gasteiger partial charge in [0.15, 0.2) is 6.61 Å². The van der Waals surface area contributed by atoms with Gasteiger partial charge in [0.2, 0.25) is 0 Å². The van der Waals surface area contributed by atoms with E-state index in [9.17, 15) is 19.2 Å². The van der Waals surface area contributed by atoms with Crippen LogP contribution in [-0.2, 0) is 25.7 Å². The summed E-state index contributed by atoms with van der Waals surface area (Å²) in [5.41, 5.74) is -0.0734. The molecule has 1 aliphatic carbocycles. The topological polar surface area (TPSA) is 118 Å². The van der Waals surface area contributed by atoms with Crippen molar-refractivity contribution in [2.24, 2.45) is 5.92 Å². The van der Waals surface area contributed by atoms with Gasteiger partial charge >= 0.3 is 12.0 Å². The van der Waals surface area contributed by atoms with Crippen LogP contribution in [0, 0.1) is 5.92 Å². The number of carbonyl (C=O) groups is 4. The summed E-state index contributed by atoms with van der Waals surface area (Å²) < 4.78 is 10.7. The molecule has 2 fully saturated rings. The molecule has 10 heteroatoms. The van der Waals surface area contributed by atoms with Crippen molar-refractivity contribution in [3.8, 4) is 11.3 Å². The molecule has 1 saturated heterocycles. The lowest BCUT2D eigenvalue weighted by Crippen LogP contribution is -2.49. The quantitative estimate of drug-likeness (QED) is 0.457. The first-order valence-electron chi connectivity index (χ1n) is 11.2. The fourth-order valence-electron chi connectivity index (χ4n) is 4.21. The fourth-order valence-corrected chi connectivity index (χ4v) is 4.34. The van der Waals surface area contributed by atoms with E-state index < -0.39 is 42.5 Å². The second-order valence-electron chi connectivity index (χ2n) is 8.80. The minimum Gasteiger partial charge on any atom is -0.459 e. The van der Waals surface area contributed by atoms with Crippen molar-refractivity contribution in [2.75, 3.05) is 13.2 Å². The summed E-state index contributed by atoms with van der Waals surface area (Å²) in [6.07, 6.45) is 2.78. The summed E-state index contributed by atoms with van der Waals surface area (Å²) in [4.78, 5) is 50.2. The third-order valence-electron chi connectivity index (χ3n) is 6.28. The van der Waals surface area contributed by atoms with Gasteiger partial charge in [-0.2, -0.15) is 0 Å². The molecular weight excluding hydrogens is 462 g/mol. The van der Waals surface area contributed by atoms with Gasteiger partial charge in [-0.1, -0.05) is 18.5 Å². The maximum Gasteiger partial charge on any atom is 0.326 e. The molecule has 2 aromatic rings. The van der Waals surface area contributed by atoms with Crippen molar-refractivity contribution in [1.29, 1.82) is 0 Å². The number of carbonyl (C=O) groups excluding carboxylic acids is 4. The van der Waals surface area contributed by atoms with E-state index in [-0.39, 0.29) is 6.54 Å². The first kappa shape index (κ1) is 23.8. The number of furan rings is 1. The molecule has 1 aromatic heterocycles. The zero-order valence-corrected chi connectivity index (χ0v) is 19.5. The highest BCUT2D eigenvalue weighted by Gasteiger charge is 2.52. The monoisotopic (exact) mass is 487 g/mol. The van der Waals surface area contributed by atoms with E-state index in [1.54, 1.807) is 24.3 Å². The van der Waals surface area contributed by atoms with Crippen molar-refractivity contribution < 1.29 is 28.3 Å². The summed E-state index contributed by atoms with van der Waals surface area (Å²) in [6, 6.07) is 10.1. The number of nitrogens with one attached hydrogen (secondary N) is 2. The molecule has 2 N–H and O–H groups in total. The maximum atomic E-state index is 12.8.